The van der Waals surface area contributed by atoms with Crippen molar-refractivity contribution in [3.05, 3.63) is 30.3 Å². The standard InChI is InChI=1S/C16H23NO4S/c1-2-3-12-22(19,20)17-11-7-8-14(13-17)16(18)21-15-9-5-4-6-10-15/h4-6,9-10,14H,2-3,7-8,11-13H2,1H3/t14-/m0/s1. The monoisotopic (exact) mass is 325 g/mol. The molecule has 0 bridgehead atoms. The number of carbonyl (C=O) groups excluding carboxylic acids is 1. The average Bonchev–Trinajstić information content (AvgIpc) is 2.54. The maximum absolute atomic E-state index is 12.2. The Morgan fingerprint density at radius 2 is 2.05 bits per heavy atom. The second kappa shape index (κ2) is 7.74. The topological polar surface area (TPSA) is 63.7 Å². The number of carbonyl (C=O) groups is 1. The summed E-state index contributed by atoms with van der Waals surface area (Å²) in [6.07, 6.45) is 2.86. The Labute approximate surface area is 132 Å². The number of sulfonamides is 1. The summed E-state index contributed by atoms with van der Waals surface area (Å²) in [6, 6.07) is 8.88. The normalized spacial score (nSPS) is 19.8. The smallest absolute Gasteiger partial charge is 0.315 e. The van der Waals surface area contributed by atoms with Crippen molar-refractivity contribution in [2.45, 2.75) is 32.6 Å². The second-order valence-corrected chi connectivity index (χ2v) is 7.69. The molecule has 0 amide bonds. The van der Waals surface area contributed by atoms with E-state index in [1.165, 1.54) is 4.31 Å². The van der Waals surface area contributed by atoms with Crippen molar-refractivity contribution in [1.82, 2.24) is 4.31 Å². The second-order valence-electron chi connectivity index (χ2n) is 5.60. The van der Waals surface area contributed by atoms with E-state index in [1.54, 1.807) is 24.3 Å². The van der Waals surface area contributed by atoms with Gasteiger partial charge in [-0.1, -0.05) is 31.5 Å². The largest absolute Gasteiger partial charge is 0.426 e. The molecule has 1 fully saturated rings. The quantitative estimate of drug-likeness (QED) is 0.595. The lowest BCUT2D eigenvalue weighted by atomic mass is 10.00. The van der Waals surface area contributed by atoms with Crippen LogP contribution in [-0.2, 0) is 14.8 Å². The van der Waals surface area contributed by atoms with Crippen LogP contribution in [0.1, 0.15) is 32.6 Å². The molecule has 6 heteroatoms. The molecule has 0 aromatic heterocycles. The summed E-state index contributed by atoms with van der Waals surface area (Å²) in [4.78, 5) is 12.2. The van der Waals surface area contributed by atoms with Gasteiger partial charge in [0.1, 0.15) is 5.75 Å². The summed E-state index contributed by atoms with van der Waals surface area (Å²) in [5.41, 5.74) is 0. The van der Waals surface area contributed by atoms with Crippen molar-refractivity contribution in [2.75, 3.05) is 18.8 Å². The van der Waals surface area contributed by atoms with E-state index in [9.17, 15) is 13.2 Å². The first-order chi connectivity index (χ1) is 10.5. The van der Waals surface area contributed by atoms with Crippen LogP contribution >= 0.6 is 0 Å². The summed E-state index contributed by atoms with van der Waals surface area (Å²) < 4.78 is 31.3. The molecule has 1 atom stereocenters. The number of nitrogens with zero attached hydrogens (tertiary/aromatic N) is 1. The summed E-state index contributed by atoms with van der Waals surface area (Å²) >= 11 is 0. The highest BCUT2D eigenvalue weighted by Crippen LogP contribution is 2.22. The van der Waals surface area contributed by atoms with Gasteiger partial charge in [0.25, 0.3) is 0 Å². The van der Waals surface area contributed by atoms with Crippen molar-refractivity contribution >= 4 is 16.0 Å². The molecule has 0 unspecified atom stereocenters. The van der Waals surface area contributed by atoms with Gasteiger partial charge in [0, 0.05) is 13.1 Å². The van der Waals surface area contributed by atoms with Crippen molar-refractivity contribution < 1.29 is 17.9 Å². The molecule has 1 heterocycles. The molecule has 1 aliphatic heterocycles. The third-order valence-corrected chi connectivity index (χ3v) is 5.75. The predicted octanol–water partition coefficient (Wildman–Crippen LogP) is 2.43. The van der Waals surface area contributed by atoms with Crippen molar-refractivity contribution in [3.8, 4) is 5.75 Å². The third kappa shape index (κ3) is 4.55. The Balaban J connectivity index is 1.96. The fourth-order valence-electron chi connectivity index (χ4n) is 2.53. The van der Waals surface area contributed by atoms with Gasteiger partial charge >= 0.3 is 5.97 Å². The minimum atomic E-state index is -3.26. The molecule has 2 rings (SSSR count). The van der Waals surface area contributed by atoms with Crippen LogP contribution in [0.2, 0.25) is 0 Å². The SMILES string of the molecule is CCCCS(=O)(=O)N1CCC[C@H](C(=O)Oc2ccccc2)C1. The fourth-order valence-corrected chi connectivity index (χ4v) is 4.26. The minimum Gasteiger partial charge on any atom is -0.426 e. The molecule has 0 spiro atoms. The summed E-state index contributed by atoms with van der Waals surface area (Å²) in [6.45, 7) is 2.70. The van der Waals surface area contributed by atoms with Crippen LogP contribution in [0.5, 0.6) is 5.75 Å². The molecule has 0 radical (unpaired) electrons. The first-order valence-electron chi connectivity index (χ1n) is 7.77. The molecular weight excluding hydrogens is 302 g/mol. The maximum atomic E-state index is 12.2. The van der Waals surface area contributed by atoms with Crippen molar-refractivity contribution in [1.29, 1.82) is 0 Å². The first-order valence-corrected chi connectivity index (χ1v) is 9.38. The van der Waals surface area contributed by atoms with E-state index in [0.717, 1.165) is 6.42 Å². The van der Waals surface area contributed by atoms with Crippen LogP contribution in [0.4, 0.5) is 0 Å². The highest BCUT2D eigenvalue weighted by molar-refractivity contribution is 7.89. The summed E-state index contributed by atoms with van der Waals surface area (Å²) in [7, 11) is -3.26. The molecule has 0 N–H and O–H groups in total. The fraction of sp³-hybridized carbons (Fsp3) is 0.562. The van der Waals surface area contributed by atoms with E-state index in [1.807, 2.05) is 13.0 Å². The Kier molecular flexibility index (Phi) is 5.97. The van der Waals surface area contributed by atoms with Gasteiger partial charge in [-0.2, -0.15) is 0 Å². The van der Waals surface area contributed by atoms with Crippen molar-refractivity contribution in [3.63, 3.8) is 0 Å². The van der Waals surface area contributed by atoms with Gasteiger partial charge in [-0.15, -0.1) is 0 Å². The lowest BCUT2D eigenvalue weighted by molar-refractivity contribution is -0.140. The molecule has 1 aromatic rings. The number of benzene rings is 1. The van der Waals surface area contributed by atoms with Crippen LogP contribution < -0.4 is 4.74 Å². The van der Waals surface area contributed by atoms with Crippen LogP contribution in [-0.4, -0.2) is 37.5 Å². The Morgan fingerprint density at radius 3 is 2.73 bits per heavy atom. The van der Waals surface area contributed by atoms with Crippen LogP contribution in [0.25, 0.3) is 0 Å². The third-order valence-electron chi connectivity index (χ3n) is 3.83. The highest BCUT2D eigenvalue weighted by Gasteiger charge is 2.32. The van der Waals surface area contributed by atoms with Gasteiger partial charge in [0.15, 0.2) is 0 Å². The zero-order valence-corrected chi connectivity index (χ0v) is 13.7. The number of para-hydroxylation sites is 1. The highest BCUT2D eigenvalue weighted by atomic mass is 32.2. The molecule has 5 nitrogen and oxygen atoms in total. The van der Waals surface area contributed by atoms with Crippen LogP contribution in [0.3, 0.4) is 0 Å². The molecule has 22 heavy (non-hydrogen) atoms. The average molecular weight is 325 g/mol. The van der Waals surface area contributed by atoms with Gasteiger partial charge in [0.05, 0.1) is 11.7 Å². The molecule has 1 saturated heterocycles. The lowest BCUT2D eigenvalue weighted by Crippen LogP contribution is -2.44. The number of rotatable bonds is 6. The van der Waals surface area contributed by atoms with Crippen LogP contribution in [0.15, 0.2) is 30.3 Å². The van der Waals surface area contributed by atoms with Gasteiger partial charge in [-0.05, 0) is 31.4 Å². The molecule has 1 aromatic carbocycles. The molecular formula is C16H23NO4S. The Hall–Kier alpha value is -1.40. The van der Waals surface area contributed by atoms with E-state index < -0.39 is 10.0 Å². The van der Waals surface area contributed by atoms with E-state index in [-0.39, 0.29) is 24.2 Å². The molecule has 0 saturated carbocycles. The number of ether oxygens (including phenoxy) is 1. The molecule has 1 aliphatic rings. The Bertz CT molecular complexity index is 585. The number of hydrogen-bond acceptors (Lipinski definition) is 4. The Morgan fingerprint density at radius 1 is 1.32 bits per heavy atom. The predicted molar refractivity (Wildman–Crippen MR) is 85.1 cm³/mol. The van der Waals surface area contributed by atoms with E-state index in [0.29, 0.717) is 31.6 Å². The number of unbranched alkanes of at least 4 members (excludes halogenated alkanes) is 1. The first kappa shape index (κ1) is 17.0. The van der Waals surface area contributed by atoms with Crippen LogP contribution in [0, 0.1) is 5.92 Å². The lowest BCUT2D eigenvalue weighted by Gasteiger charge is -2.30. The summed E-state index contributed by atoms with van der Waals surface area (Å²) in [5.74, 6) is -0.0744. The number of esters is 1. The van der Waals surface area contributed by atoms with Gasteiger partial charge in [-0.3, -0.25) is 4.79 Å². The summed E-state index contributed by atoms with van der Waals surface area (Å²) in [5, 5.41) is 0. The van der Waals surface area contributed by atoms with Gasteiger partial charge in [0.2, 0.25) is 10.0 Å². The minimum absolute atomic E-state index is 0.157. The van der Waals surface area contributed by atoms with E-state index in [2.05, 4.69) is 0 Å². The zero-order valence-electron chi connectivity index (χ0n) is 12.9. The zero-order chi connectivity index (χ0) is 16.0. The maximum Gasteiger partial charge on any atom is 0.315 e. The number of hydrogen-bond donors (Lipinski definition) is 0. The molecule has 0 aliphatic carbocycles. The van der Waals surface area contributed by atoms with Gasteiger partial charge < -0.3 is 4.74 Å². The molecule has 122 valence electrons. The van der Waals surface area contributed by atoms with Crippen molar-refractivity contribution in [2.24, 2.45) is 5.92 Å². The van der Waals surface area contributed by atoms with Gasteiger partial charge in [-0.25, -0.2) is 12.7 Å². The number of piperidine rings is 1. The van der Waals surface area contributed by atoms with E-state index in [4.69, 9.17) is 4.74 Å². The van der Waals surface area contributed by atoms with E-state index >= 15 is 0 Å².